The first-order valence-electron chi connectivity index (χ1n) is 5.22. The van der Waals surface area contributed by atoms with Crippen LogP contribution in [0.1, 0.15) is 53.4 Å². The molecule has 0 saturated carbocycles. The molecule has 0 saturated heterocycles. The van der Waals surface area contributed by atoms with Gasteiger partial charge in [-0.2, -0.15) is 0 Å². The molecule has 0 aromatic carbocycles. The summed E-state index contributed by atoms with van der Waals surface area (Å²) in [5.41, 5.74) is 6.01. The lowest BCUT2D eigenvalue weighted by Gasteiger charge is -2.27. The maximum Gasteiger partial charge on any atom is -0.00722 e. The van der Waals surface area contributed by atoms with Gasteiger partial charge in [0.25, 0.3) is 0 Å². The molecule has 0 spiro atoms. The maximum atomic E-state index is 5.56. The van der Waals surface area contributed by atoms with Crippen molar-refractivity contribution in [3.63, 3.8) is 0 Å². The number of hydrogen-bond acceptors (Lipinski definition) is 1. The predicted octanol–water partition coefficient (Wildman–Crippen LogP) is 3.19. The van der Waals surface area contributed by atoms with Crippen LogP contribution in [0.25, 0.3) is 0 Å². The molecule has 0 aromatic rings. The van der Waals surface area contributed by atoms with Gasteiger partial charge in [0.2, 0.25) is 0 Å². The lowest BCUT2D eigenvalue weighted by atomic mass is 9.79. The zero-order valence-corrected chi connectivity index (χ0v) is 9.19. The Labute approximate surface area is 77.7 Å². The molecule has 0 radical (unpaired) electrons. The van der Waals surface area contributed by atoms with Crippen LogP contribution in [-0.2, 0) is 0 Å². The molecule has 12 heavy (non-hydrogen) atoms. The third-order valence-corrected chi connectivity index (χ3v) is 2.50. The standard InChI is InChI=1S/C11H25N/c1-5-6-10(2)9-11(3,4)7-8-12/h10H,5-9,12H2,1-4H3. The summed E-state index contributed by atoms with van der Waals surface area (Å²) in [6.07, 6.45) is 5.13. The van der Waals surface area contributed by atoms with E-state index in [2.05, 4.69) is 27.7 Å². The average Bonchev–Trinajstić information content (AvgIpc) is 1.85. The molecular formula is C11H25N. The van der Waals surface area contributed by atoms with E-state index in [0.717, 1.165) is 18.9 Å². The zero-order chi connectivity index (χ0) is 9.61. The van der Waals surface area contributed by atoms with Crippen molar-refractivity contribution in [2.75, 3.05) is 6.54 Å². The third-order valence-electron chi connectivity index (χ3n) is 2.50. The van der Waals surface area contributed by atoms with E-state index in [4.69, 9.17) is 5.73 Å². The van der Waals surface area contributed by atoms with Crippen molar-refractivity contribution in [2.45, 2.75) is 53.4 Å². The zero-order valence-electron chi connectivity index (χ0n) is 9.19. The second-order valence-electron chi connectivity index (χ2n) is 4.80. The highest BCUT2D eigenvalue weighted by Crippen LogP contribution is 2.30. The minimum absolute atomic E-state index is 0.448. The van der Waals surface area contributed by atoms with Gasteiger partial charge in [-0.25, -0.2) is 0 Å². The van der Waals surface area contributed by atoms with Gasteiger partial charge in [0, 0.05) is 0 Å². The van der Waals surface area contributed by atoms with Crippen molar-refractivity contribution >= 4 is 0 Å². The largest absolute Gasteiger partial charge is 0.330 e. The molecule has 0 aliphatic carbocycles. The Morgan fingerprint density at radius 1 is 1.33 bits per heavy atom. The lowest BCUT2D eigenvalue weighted by molar-refractivity contribution is 0.252. The third kappa shape index (κ3) is 5.59. The van der Waals surface area contributed by atoms with Gasteiger partial charge in [-0.1, -0.05) is 40.5 Å². The van der Waals surface area contributed by atoms with Crippen molar-refractivity contribution in [1.82, 2.24) is 0 Å². The van der Waals surface area contributed by atoms with Gasteiger partial charge in [-0.15, -0.1) is 0 Å². The van der Waals surface area contributed by atoms with Gasteiger partial charge < -0.3 is 5.73 Å². The Balaban J connectivity index is 3.70. The van der Waals surface area contributed by atoms with Gasteiger partial charge in [-0.05, 0) is 30.7 Å². The van der Waals surface area contributed by atoms with Crippen molar-refractivity contribution in [3.05, 3.63) is 0 Å². The van der Waals surface area contributed by atoms with Crippen molar-refractivity contribution in [1.29, 1.82) is 0 Å². The van der Waals surface area contributed by atoms with Crippen LogP contribution in [0.5, 0.6) is 0 Å². The smallest absolute Gasteiger partial charge is 0.00722 e. The lowest BCUT2D eigenvalue weighted by Crippen LogP contribution is -2.19. The summed E-state index contributed by atoms with van der Waals surface area (Å²) in [6.45, 7) is 10.1. The fourth-order valence-corrected chi connectivity index (χ4v) is 2.03. The van der Waals surface area contributed by atoms with E-state index in [1.54, 1.807) is 0 Å². The van der Waals surface area contributed by atoms with Crippen LogP contribution in [0.15, 0.2) is 0 Å². The topological polar surface area (TPSA) is 26.0 Å². The van der Waals surface area contributed by atoms with E-state index in [1.165, 1.54) is 19.3 Å². The molecule has 0 fully saturated rings. The molecule has 0 aliphatic heterocycles. The number of nitrogens with two attached hydrogens (primary N) is 1. The van der Waals surface area contributed by atoms with Crippen molar-refractivity contribution in [2.24, 2.45) is 17.1 Å². The highest BCUT2D eigenvalue weighted by molar-refractivity contribution is 4.71. The van der Waals surface area contributed by atoms with E-state index in [1.807, 2.05) is 0 Å². The summed E-state index contributed by atoms with van der Waals surface area (Å²) in [5.74, 6) is 0.858. The maximum absolute atomic E-state index is 5.56. The summed E-state index contributed by atoms with van der Waals surface area (Å²) in [4.78, 5) is 0. The van der Waals surface area contributed by atoms with E-state index >= 15 is 0 Å². The highest BCUT2D eigenvalue weighted by atomic mass is 14.5. The fraction of sp³-hybridized carbons (Fsp3) is 1.00. The van der Waals surface area contributed by atoms with Crippen LogP contribution >= 0.6 is 0 Å². The van der Waals surface area contributed by atoms with E-state index in [-0.39, 0.29) is 0 Å². The minimum Gasteiger partial charge on any atom is -0.330 e. The van der Waals surface area contributed by atoms with Gasteiger partial charge in [-0.3, -0.25) is 0 Å². The van der Waals surface area contributed by atoms with E-state index in [9.17, 15) is 0 Å². The normalized spacial score (nSPS) is 14.8. The second kappa shape index (κ2) is 5.58. The first-order valence-corrected chi connectivity index (χ1v) is 5.22. The molecule has 0 bridgehead atoms. The molecule has 0 aliphatic rings. The molecule has 0 rings (SSSR count). The average molecular weight is 171 g/mol. The summed E-state index contributed by atoms with van der Waals surface area (Å²) in [7, 11) is 0. The van der Waals surface area contributed by atoms with Crippen LogP contribution in [-0.4, -0.2) is 6.54 Å². The quantitative estimate of drug-likeness (QED) is 0.652. The summed E-state index contributed by atoms with van der Waals surface area (Å²) in [5, 5.41) is 0. The van der Waals surface area contributed by atoms with Gasteiger partial charge in [0.05, 0.1) is 0 Å². The molecule has 0 amide bonds. The summed E-state index contributed by atoms with van der Waals surface area (Å²) >= 11 is 0. The Morgan fingerprint density at radius 2 is 1.92 bits per heavy atom. The Hall–Kier alpha value is -0.0400. The molecule has 74 valence electrons. The van der Waals surface area contributed by atoms with Crippen LogP contribution in [0.3, 0.4) is 0 Å². The fourth-order valence-electron chi connectivity index (χ4n) is 2.03. The Kier molecular flexibility index (Phi) is 5.56. The van der Waals surface area contributed by atoms with Gasteiger partial charge in [0.1, 0.15) is 0 Å². The van der Waals surface area contributed by atoms with E-state index < -0.39 is 0 Å². The second-order valence-corrected chi connectivity index (χ2v) is 4.80. The van der Waals surface area contributed by atoms with Crippen LogP contribution in [0.2, 0.25) is 0 Å². The van der Waals surface area contributed by atoms with Gasteiger partial charge >= 0.3 is 0 Å². The van der Waals surface area contributed by atoms with Crippen molar-refractivity contribution in [3.8, 4) is 0 Å². The van der Waals surface area contributed by atoms with Gasteiger partial charge in [0.15, 0.2) is 0 Å². The summed E-state index contributed by atoms with van der Waals surface area (Å²) in [6, 6.07) is 0. The number of hydrogen-bond donors (Lipinski definition) is 1. The molecule has 0 aromatic heterocycles. The van der Waals surface area contributed by atoms with Crippen LogP contribution in [0.4, 0.5) is 0 Å². The number of rotatable bonds is 6. The van der Waals surface area contributed by atoms with Crippen molar-refractivity contribution < 1.29 is 0 Å². The Morgan fingerprint density at radius 3 is 2.33 bits per heavy atom. The molecule has 0 heterocycles. The first kappa shape index (κ1) is 12.0. The molecular weight excluding hydrogens is 146 g/mol. The summed E-state index contributed by atoms with van der Waals surface area (Å²) < 4.78 is 0. The minimum atomic E-state index is 0.448. The van der Waals surface area contributed by atoms with Crippen LogP contribution in [0, 0.1) is 11.3 Å². The predicted molar refractivity (Wildman–Crippen MR) is 56.1 cm³/mol. The SMILES string of the molecule is CCCC(C)CC(C)(C)CCN. The van der Waals surface area contributed by atoms with E-state index in [0.29, 0.717) is 5.41 Å². The molecule has 1 atom stereocenters. The first-order chi connectivity index (χ1) is 5.52. The Bertz CT molecular complexity index is 108. The molecule has 1 nitrogen and oxygen atoms in total. The highest BCUT2D eigenvalue weighted by Gasteiger charge is 2.19. The monoisotopic (exact) mass is 171 g/mol. The molecule has 1 unspecified atom stereocenters. The van der Waals surface area contributed by atoms with Crippen LogP contribution < -0.4 is 5.73 Å². The molecule has 2 N–H and O–H groups in total. The molecule has 1 heteroatoms.